The van der Waals surface area contributed by atoms with Crippen molar-refractivity contribution >= 4 is 0 Å². The van der Waals surface area contributed by atoms with E-state index < -0.39 is 0 Å². The summed E-state index contributed by atoms with van der Waals surface area (Å²) >= 11 is 0. The lowest BCUT2D eigenvalue weighted by Crippen LogP contribution is -2.26. The maximum absolute atomic E-state index is 5.56. The monoisotopic (exact) mass is 196 g/mol. The Morgan fingerprint density at radius 1 is 1.71 bits per heavy atom. The molecule has 0 aliphatic carbocycles. The molecule has 0 radical (unpaired) electrons. The summed E-state index contributed by atoms with van der Waals surface area (Å²) in [7, 11) is 1.87. The van der Waals surface area contributed by atoms with Gasteiger partial charge in [0, 0.05) is 13.1 Å². The van der Waals surface area contributed by atoms with Gasteiger partial charge in [-0.25, -0.2) is 4.98 Å². The summed E-state index contributed by atoms with van der Waals surface area (Å²) in [5.41, 5.74) is 0. The van der Waals surface area contributed by atoms with Crippen molar-refractivity contribution in [2.75, 3.05) is 13.2 Å². The van der Waals surface area contributed by atoms with Crippen LogP contribution in [0.1, 0.15) is 18.7 Å². The number of nitrogens with one attached hydrogen (secondary N) is 1. The third-order valence-corrected chi connectivity index (χ3v) is 2.52. The number of nitrogens with zero attached hydrogens (tertiary/aromatic N) is 3. The van der Waals surface area contributed by atoms with Crippen LogP contribution < -0.4 is 5.32 Å². The van der Waals surface area contributed by atoms with Gasteiger partial charge in [-0.3, -0.25) is 4.68 Å². The van der Waals surface area contributed by atoms with Crippen molar-refractivity contribution in [1.29, 1.82) is 0 Å². The smallest absolute Gasteiger partial charge is 0.152 e. The van der Waals surface area contributed by atoms with Gasteiger partial charge >= 0.3 is 0 Å². The molecule has 1 aromatic heterocycles. The standard InChI is InChI=1S/C9H16N4O/c1-13-9(11-7-12-13)6-14-5-8-3-2-4-10-8/h7-8,10H,2-6H2,1H3. The molecular weight excluding hydrogens is 180 g/mol. The van der Waals surface area contributed by atoms with Crippen LogP contribution >= 0.6 is 0 Å². The van der Waals surface area contributed by atoms with Crippen LogP contribution in [0.5, 0.6) is 0 Å². The highest BCUT2D eigenvalue weighted by Crippen LogP contribution is 2.05. The van der Waals surface area contributed by atoms with Crippen molar-refractivity contribution in [1.82, 2.24) is 20.1 Å². The van der Waals surface area contributed by atoms with Gasteiger partial charge in [-0.2, -0.15) is 5.10 Å². The lowest BCUT2D eigenvalue weighted by molar-refractivity contribution is 0.0963. The maximum atomic E-state index is 5.56. The van der Waals surface area contributed by atoms with Crippen LogP contribution in [-0.4, -0.2) is 34.0 Å². The van der Waals surface area contributed by atoms with Gasteiger partial charge in [-0.15, -0.1) is 0 Å². The molecule has 0 amide bonds. The highest BCUT2D eigenvalue weighted by molar-refractivity contribution is 4.80. The second-order valence-corrected chi connectivity index (χ2v) is 3.61. The Bertz CT molecular complexity index is 280. The first kappa shape index (κ1) is 9.61. The fourth-order valence-corrected chi connectivity index (χ4v) is 1.64. The van der Waals surface area contributed by atoms with Gasteiger partial charge in [0.15, 0.2) is 5.82 Å². The fourth-order valence-electron chi connectivity index (χ4n) is 1.64. The zero-order valence-electron chi connectivity index (χ0n) is 8.44. The molecule has 1 atom stereocenters. The molecule has 5 nitrogen and oxygen atoms in total. The number of rotatable bonds is 4. The molecule has 2 rings (SSSR count). The molecule has 1 aliphatic rings. The topological polar surface area (TPSA) is 52.0 Å². The van der Waals surface area contributed by atoms with Crippen LogP contribution in [0.15, 0.2) is 6.33 Å². The molecule has 2 heterocycles. The first-order chi connectivity index (χ1) is 6.86. The number of ether oxygens (including phenoxy) is 1. The normalized spacial score (nSPS) is 21.6. The minimum atomic E-state index is 0.531. The Morgan fingerprint density at radius 3 is 3.29 bits per heavy atom. The molecule has 1 aliphatic heterocycles. The molecule has 0 saturated carbocycles. The van der Waals surface area contributed by atoms with Crippen molar-refractivity contribution < 1.29 is 4.74 Å². The van der Waals surface area contributed by atoms with E-state index in [1.807, 2.05) is 7.05 Å². The maximum Gasteiger partial charge on any atom is 0.152 e. The van der Waals surface area contributed by atoms with Gasteiger partial charge in [0.2, 0.25) is 0 Å². The van der Waals surface area contributed by atoms with Crippen molar-refractivity contribution in [3.8, 4) is 0 Å². The second kappa shape index (κ2) is 4.52. The zero-order valence-corrected chi connectivity index (χ0v) is 8.44. The Hall–Kier alpha value is -0.940. The first-order valence-electron chi connectivity index (χ1n) is 5.00. The predicted octanol–water partition coefficient (Wildman–Crippen LogP) is 0.0837. The largest absolute Gasteiger partial charge is 0.372 e. The lowest BCUT2D eigenvalue weighted by atomic mass is 10.2. The van der Waals surface area contributed by atoms with Gasteiger partial charge < -0.3 is 10.1 Å². The average molecular weight is 196 g/mol. The van der Waals surface area contributed by atoms with Gasteiger partial charge in [0.25, 0.3) is 0 Å². The Labute approximate surface area is 83.5 Å². The third-order valence-electron chi connectivity index (χ3n) is 2.52. The highest BCUT2D eigenvalue weighted by Gasteiger charge is 2.13. The van der Waals surface area contributed by atoms with Crippen LogP contribution in [0.3, 0.4) is 0 Å². The van der Waals surface area contributed by atoms with E-state index in [4.69, 9.17) is 4.74 Å². The average Bonchev–Trinajstić information content (AvgIpc) is 2.78. The van der Waals surface area contributed by atoms with Gasteiger partial charge in [0.05, 0.1) is 6.61 Å². The van der Waals surface area contributed by atoms with Crippen LogP contribution in [-0.2, 0) is 18.4 Å². The molecule has 1 fully saturated rings. The summed E-state index contributed by atoms with van der Waals surface area (Å²) in [4.78, 5) is 4.09. The predicted molar refractivity (Wildman–Crippen MR) is 51.7 cm³/mol. The van der Waals surface area contributed by atoms with Crippen LogP contribution in [0, 0.1) is 0 Å². The zero-order chi connectivity index (χ0) is 9.80. The number of hydrogen-bond donors (Lipinski definition) is 1. The van der Waals surface area contributed by atoms with Gasteiger partial charge in [-0.1, -0.05) is 0 Å². The van der Waals surface area contributed by atoms with Crippen molar-refractivity contribution in [2.24, 2.45) is 7.05 Å². The van der Waals surface area contributed by atoms with Crippen molar-refractivity contribution in [3.63, 3.8) is 0 Å². The van der Waals surface area contributed by atoms with E-state index in [9.17, 15) is 0 Å². The minimum absolute atomic E-state index is 0.531. The molecule has 1 saturated heterocycles. The number of aromatic nitrogens is 3. The summed E-state index contributed by atoms with van der Waals surface area (Å²) in [5, 5.41) is 7.36. The molecule has 5 heteroatoms. The van der Waals surface area contributed by atoms with Gasteiger partial charge in [0.1, 0.15) is 12.9 Å². The molecule has 0 spiro atoms. The summed E-state index contributed by atoms with van der Waals surface area (Å²) in [6.07, 6.45) is 4.03. The van der Waals surface area contributed by atoms with E-state index in [1.165, 1.54) is 12.8 Å². The summed E-state index contributed by atoms with van der Waals surface area (Å²) in [5.74, 6) is 0.878. The summed E-state index contributed by atoms with van der Waals surface area (Å²) in [6.45, 7) is 2.44. The van der Waals surface area contributed by atoms with Crippen molar-refractivity contribution in [2.45, 2.75) is 25.5 Å². The molecule has 1 N–H and O–H groups in total. The van der Waals surface area contributed by atoms with E-state index in [0.717, 1.165) is 19.0 Å². The van der Waals surface area contributed by atoms with E-state index in [0.29, 0.717) is 12.6 Å². The van der Waals surface area contributed by atoms with E-state index in [1.54, 1.807) is 11.0 Å². The van der Waals surface area contributed by atoms with Crippen LogP contribution in [0.25, 0.3) is 0 Å². The fraction of sp³-hybridized carbons (Fsp3) is 0.778. The Balaban J connectivity index is 1.70. The molecule has 1 unspecified atom stereocenters. The molecular formula is C9H16N4O. The quantitative estimate of drug-likeness (QED) is 0.741. The van der Waals surface area contributed by atoms with Gasteiger partial charge in [-0.05, 0) is 19.4 Å². The van der Waals surface area contributed by atoms with E-state index in [2.05, 4.69) is 15.4 Å². The minimum Gasteiger partial charge on any atom is -0.372 e. The molecule has 0 bridgehead atoms. The summed E-state index contributed by atoms with van der Waals surface area (Å²) in [6, 6.07) is 0.531. The number of aryl methyl sites for hydroxylation is 1. The molecule has 0 aromatic carbocycles. The summed E-state index contributed by atoms with van der Waals surface area (Å²) < 4.78 is 7.30. The van der Waals surface area contributed by atoms with E-state index in [-0.39, 0.29) is 0 Å². The number of hydrogen-bond acceptors (Lipinski definition) is 4. The van der Waals surface area contributed by atoms with Crippen LogP contribution in [0.4, 0.5) is 0 Å². The second-order valence-electron chi connectivity index (χ2n) is 3.61. The molecule has 14 heavy (non-hydrogen) atoms. The highest BCUT2D eigenvalue weighted by atomic mass is 16.5. The Kier molecular flexibility index (Phi) is 3.10. The van der Waals surface area contributed by atoms with Crippen LogP contribution in [0.2, 0.25) is 0 Å². The molecule has 1 aromatic rings. The third kappa shape index (κ3) is 2.30. The Morgan fingerprint density at radius 2 is 2.64 bits per heavy atom. The first-order valence-corrected chi connectivity index (χ1v) is 5.00. The van der Waals surface area contributed by atoms with Crippen molar-refractivity contribution in [3.05, 3.63) is 12.2 Å². The molecule has 78 valence electrons. The lowest BCUT2D eigenvalue weighted by Gasteiger charge is -2.09. The SMILES string of the molecule is Cn1ncnc1COCC1CCCN1. The van der Waals surface area contributed by atoms with E-state index >= 15 is 0 Å².